The number of aliphatic hydroxyl groups is 2. The summed E-state index contributed by atoms with van der Waals surface area (Å²) in [6, 6.07) is 3.92. The Bertz CT molecular complexity index is 502. The summed E-state index contributed by atoms with van der Waals surface area (Å²) < 4.78 is 5.01. The van der Waals surface area contributed by atoms with Crippen LogP contribution < -0.4 is 10.1 Å². The second-order valence-corrected chi connectivity index (χ2v) is 4.21. The first-order valence-electron chi connectivity index (χ1n) is 5.88. The van der Waals surface area contributed by atoms with Crippen molar-refractivity contribution in [1.82, 2.24) is 5.32 Å². The van der Waals surface area contributed by atoms with Crippen LogP contribution >= 0.6 is 0 Å². The zero-order valence-electron chi connectivity index (χ0n) is 11.2. The van der Waals surface area contributed by atoms with Gasteiger partial charge in [0.15, 0.2) is 0 Å². The van der Waals surface area contributed by atoms with Gasteiger partial charge in [-0.25, -0.2) is 4.79 Å². The average molecular weight is 283 g/mol. The van der Waals surface area contributed by atoms with Crippen LogP contribution in [0, 0.1) is 0 Å². The SMILES string of the molecule is COc1cc(C(=O)O)ccc1C(O)C(O)CNC(C)=O. The van der Waals surface area contributed by atoms with Crippen LogP contribution in [0.5, 0.6) is 5.75 Å². The van der Waals surface area contributed by atoms with Gasteiger partial charge in [0, 0.05) is 19.0 Å². The molecule has 0 radical (unpaired) electrons. The van der Waals surface area contributed by atoms with E-state index in [1.165, 1.54) is 32.2 Å². The van der Waals surface area contributed by atoms with Gasteiger partial charge in [0.25, 0.3) is 0 Å². The molecule has 1 amide bonds. The van der Waals surface area contributed by atoms with E-state index in [0.717, 1.165) is 0 Å². The fourth-order valence-electron chi connectivity index (χ4n) is 1.66. The molecular formula is C13H17NO6. The molecule has 1 aromatic rings. The highest BCUT2D eigenvalue weighted by Crippen LogP contribution is 2.28. The van der Waals surface area contributed by atoms with Crippen LogP contribution in [0.25, 0.3) is 0 Å². The van der Waals surface area contributed by atoms with Crippen molar-refractivity contribution in [2.24, 2.45) is 0 Å². The fraction of sp³-hybridized carbons (Fsp3) is 0.385. The Morgan fingerprint density at radius 2 is 2.00 bits per heavy atom. The van der Waals surface area contributed by atoms with Crippen molar-refractivity contribution >= 4 is 11.9 Å². The lowest BCUT2D eigenvalue weighted by Crippen LogP contribution is -2.34. The summed E-state index contributed by atoms with van der Waals surface area (Å²) >= 11 is 0. The van der Waals surface area contributed by atoms with Gasteiger partial charge < -0.3 is 25.4 Å². The smallest absolute Gasteiger partial charge is 0.335 e. The molecule has 0 spiro atoms. The standard InChI is InChI=1S/C13H17NO6/c1-7(15)14-6-10(16)12(17)9-4-3-8(13(18)19)5-11(9)20-2/h3-5,10,12,16-17H,6H2,1-2H3,(H,14,15)(H,18,19). The van der Waals surface area contributed by atoms with Crippen molar-refractivity contribution in [1.29, 1.82) is 0 Å². The molecule has 2 unspecified atom stereocenters. The third-order valence-electron chi connectivity index (χ3n) is 2.72. The van der Waals surface area contributed by atoms with Gasteiger partial charge in [0.2, 0.25) is 5.91 Å². The molecule has 0 aliphatic carbocycles. The highest BCUT2D eigenvalue weighted by Gasteiger charge is 2.22. The molecule has 4 N–H and O–H groups in total. The number of carbonyl (C=O) groups is 2. The molecule has 0 aromatic heterocycles. The number of methoxy groups -OCH3 is 1. The molecule has 0 saturated carbocycles. The van der Waals surface area contributed by atoms with Crippen molar-refractivity contribution < 1.29 is 29.6 Å². The largest absolute Gasteiger partial charge is 0.496 e. The molecule has 7 heteroatoms. The number of nitrogens with one attached hydrogen (secondary N) is 1. The molecule has 0 aliphatic heterocycles. The zero-order valence-corrected chi connectivity index (χ0v) is 11.2. The molecule has 2 atom stereocenters. The summed E-state index contributed by atoms with van der Waals surface area (Å²) in [6.07, 6.45) is -2.54. The Labute approximate surface area is 115 Å². The second kappa shape index (κ2) is 6.88. The maximum Gasteiger partial charge on any atom is 0.335 e. The number of aromatic carboxylic acids is 1. The molecule has 1 rings (SSSR count). The van der Waals surface area contributed by atoms with E-state index in [2.05, 4.69) is 5.32 Å². The summed E-state index contributed by atoms with van der Waals surface area (Å²) in [5, 5.41) is 31.0. The Morgan fingerprint density at radius 3 is 2.50 bits per heavy atom. The third kappa shape index (κ3) is 3.94. The van der Waals surface area contributed by atoms with Crippen LogP contribution in [-0.2, 0) is 4.79 Å². The van der Waals surface area contributed by atoms with Crippen molar-refractivity contribution in [3.63, 3.8) is 0 Å². The van der Waals surface area contributed by atoms with Crippen molar-refractivity contribution in [2.45, 2.75) is 19.1 Å². The molecule has 110 valence electrons. The van der Waals surface area contributed by atoms with E-state index in [9.17, 15) is 19.8 Å². The number of carbonyl (C=O) groups excluding carboxylic acids is 1. The number of rotatable bonds is 6. The molecule has 0 bridgehead atoms. The summed E-state index contributed by atoms with van der Waals surface area (Å²) in [5.74, 6) is -1.30. The average Bonchev–Trinajstić information content (AvgIpc) is 2.42. The first-order chi connectivity index (χ1) is 9.36. The summed E-state index contributed by atoms with van der Waals surface area (Å²) in [7, 11) is 1.33. The monoisotopic (exact) mass is 283 g/mol. The van der Waals surface area contributed by atoms with E-state index >= 15 is 0 Å². The number of hydrogen-bond acceptors (Lipinski definition) is 5. The van der Waals surface area contributed by atoms with Crippen LogP contribution in [0.1, 0.15) is 28.9 Å². The van der Waals surface area contributed by atoms with E-state index in [-0.39, 0.29) is 29.3 Å². The molecule has 0 fully saturated rings. The van der Waals surface area contributed by atoms with Gasteiger partial charge in [-0.1, -0.05) is 6.07 Å². The topological polar surface area (TPSA) is 116 Å². The second-order valence-electron chi connectivity index (χ2n) is 4.21. The predicted molar refractivity (Wildman–Crippen MR) is 69.6 cm³/mol. The van der Waals surface area contributed by atoms with Gasteiger partial charge in [0.05, 0.1) is 12.7 Å². The minimum atomic E-state index is -1.31. The number of carboxylic acid groups (broad SMARTS) is 1. The highest BCUT2D eigenvalue weighted by molar-refractivity contribution is 5.88. The van der Waals surface area contributed by atoms with Crippen LogP contribution in [0.15, 0.2) is 18.2 Å². The van der Waals surface area contributed by atoms with E-state index in [4.69, 9.17) is 9.84 Å². The number of hydrogen-bond donors (Lipinski definition) is 4. The van der Waals surface area contributed by atoms with Crippen molar-refractivity contribution in [3.8, 4) is 5.75 Å². The number of carboxylic acids is 1. The Balaban J connectivity index is 2.94. The minimum absolute atomic E-state index is 0.00847. The highest BCUT2D eigenvalue weighted by atomic mass is 16.5. The molecule has 1 aromatic carbocycles. The van der Waals surface area contributed by atoms with E-state index in [0.29, 0.717) is 0 Å². The Morgan fingerprint density at radius 1 is 1.35 bits per heavy atom. The lowest BCUT2D eigenvalue weighted by atomic mass is 10.0. The van der Waals surface area contributed by atoms with Crippen molar-refractivity contribution in [2.75, 3.05) is 13.7 Å². The predicted octanol–water partition coefficient (Wildman–Crippen LogP) is -0.0762. The molecule has 20 heavy (non-hydrogen) atoms. The van der Waals surface area contributed by atoms with Gasteiger partial charge in [-0.15, -0.1) is 0 Å². The summed E-state index contributed by atoms with van der Waals surface area (Å²) in [5.41, 5.74) is 0.254. The number of ether oxygens (including phenoxy) is 1. The maximum atomic E-state index is 10.8. The third-order valence-corrected chi connectivity index (χ3v) is 2.72. The normalized spacial score (nSPS) is 13.4. The first kappa shape index (κ1) is 15.9. The fourth-order valence-corrected chi connectivity index (χ4v) is 1.66. The van der Waals surface area contributed by atoms with Gasteiger partial charge in [0.1, 0.15) is 18.0 Å². The van der Waals surface area contributed by atoms with Gasteiger partial charge in [-0.2, -0.15) is 0 Å². The van der Waals surface area contributed by atoms with Gasteiger partial charge >= 0.3 is 5.97 Å². The van der Waals surface area contributed by atoms with Crippen LogP contribution in [0.4, 0.5) is 0 Å². The maximum absolute atomic E-state index is 10.8. The molecule has 0 aliphatic rings. The van der Waals surface area contributed by atoms with Crippen LogP contribution in [-0.4, -0.2) is 47.0 Å². The Hall–Kier alpha value is -2.12. The van der Waals surface area contributed by atoms with E-state index < -0.39 is 18.2 Å². The number of benzene rings is 1. The molecular weight excluding hydrogens is 266 g/mol. The number of amides is 1. The first-order valence-corrected chi connectivity index (χ1v) is 5.88. The van der Waals surface area contributed by atoms with Gasteiger partial charge in [-0.05, 0) is 12.1 Å². The lowest BCUT2D eigenvalue weighted by molar-refractivity contribution is -0.119. The van der Waals surface area contributed by atoms with Gasteiger partial charge in [-0.3, -0.25) is 4.79 Å². The summed E-state index contributed by atoms with van der Waals surface area (Å²) in [6.45, 7) is 1.17. The molecule has 0 heterocycles. The summed E-state index contributed by atoms with van der Waals surface area (Å²) in [4.78, 5) is 21.6. The van der Waals surface area contributed by atoms with E-state index in [1.807, 2.05) is 0 Å². The minimum Gasteiger partial charge on any atom is -0.496 e. The van der Waals surface area contributed by atoms with Crippen LogP contribution in [0.3, 0.4) is 0 Å². The quantitative estimate of drug-likeness (QED) is 0.580. The lowest BCUT2D eigenvalue weighted by Gasteiger charge is -2.20. The molecule has 0 saturated heterocycles. The van der Waals surface area contributed by atoms with Crippen LogP contribution in [0.2, 0.25) is 0 Å². The zero-order chi connectivity index (χ0) is 15.3. The number of aliphatic hydroxyl groups excluding tert-OH is 2. The van der Waals surface area contributed by atoms with Crippen molar-refractivity contribution in [3.05, 3.63) is 29.3 Å². The molecule has 7 nitrogen and oxygen atoms in total. The Kier molecular flexibility index (Phi) is 5.48. The van der Waals surface area contributed by atoms with E-state index in [1.54, 1.807) is 0 Å².